The highest BCUT2D eigenvalue weighted by atomic mass is 16.5. The van der Waals surface area contributed by atoms with E-state index >= 15 is 0 Å². The van der Waals surface area contributed by atoms with Crippen molar-refractivity contribution in [3.63, 3.8) is 0 Å². The third-order valence-corrected chi connectivity index (χ3v) is 11.7. The number of carbonyl (C=O) groups excluding carboxylic acids is 2. The Labute approximate surface area is 203 Å². The van der Waals surface area contributed by atoms with Crippen LogP contribution in [-0.4, -0.2) is 17.9 Å². The summed E-state index contributed by atoms with van der Waals surface area (Å²) in [6.07, 6.45) is 11.5. The molecule has 33 heavy (non-hydrogen) atoms. The number of fused-ring (bicyclic) bond motifs is 5. The average molecular weight is 459 g/mol. The van der Waals surface area contributed by atoms with Gasteiger partial charge in [-0.2, -0.15) is 0 Å². The zero-order valence-corrected chi connectivity index (χ0v) is 22.5. The van der Waals surface area contributed by atoms with E-state index in [9.17, 15) is 9.59 Å². The maximum absolute atomic E-state index is 13.5. The molecular weight excluding hydrogens is 408 g/mol. The van der Waals surface area contributed by atoms with E-state index in [0.29, 0.717) is 23.0 Å². The van der Waals surface area contributed by atoms with Crippen molar-refractivity contribution in [3.05, 3.63) is 0 Å². The highest BCUT2D eigenvalue weighted by molar-refractivity contribution is 5.83. The van der Waals surface area contributed by atoms with Gasteiger partial charge in [-0.1, -0.05) is 54.4 Å². The van der Waals surface area contributed by atoms with Crippen molar-refractivity contribution in [2.24, 2.45) is 58.2 Å². The lowest BCUT2D eigenvalue weighted by atomic mass is 9.44. The first kappa shape index (κ1) is 25.2. The molecule has 0 spiro atoms. The number of Topliss-reactive ketones (excluding diaryl/α,β-unsaturated/α-hetero) is 1. The van der Waals surface area contributed by atoms with Crippen LogP contribution in [-0.2, 0) is 14.3 Å². The van der Waals surface area contributed by atoms with Crippen LogP contribution in [0, 0.1) is 58.2 Å². The Morgan fingerprint density at radius 1 is 0.970 bits per heavy atom. The van der Waals surface area contributed by atoms with Crippen LogP contribution in [0.4, 0.5) is 0 Å². The fourth-order valence-electron chi connectivity index (χ4n) is 9.38. The molecule has 0 bridgehead atoms. The Hall–Kier alpha value is -0.860. The van der Waals surface area contributed by atoms with Gasteiger partial charge in [0.1, 0.15) is 11.9 Å². The van der Waals surface area contributed by atoms with Crippen LogP contribution in [0.1, 0.15) is 113 Å². The van der Waals surface area contributed by atoms with Gasteiger partial charge in [0, 0.05) is 19.3 Å². The van der Waals surface area contributed by atoms with Crippen molar-refractivity contribution in [2.75, 3.05) is 0 Å². The summed E-state index contributed by atoms with van der Waals surface area (Å²) in [5.41, 5.74) is 0.522. The lowest BCUT2D eigenvalue weighted by molar-refractivity contribution is -0.169. The third kappa shape index (κ3) is 4.44. The van der Waals surface area contributed by atoms with Crippen LogP contribution >= 0.6 is 0 Å². The van der Waals surface area contributed by atoms with Crippen LogP contribution in [0.5, 0.6) is 0 Å². The van der Waals surface area contributed by atoms with E-state index in [1.54, 1.807) is 0 Å². The molecule has 4 aliphatic rings. The van der Waals surface area contributed by atoms with Gasteiger partial charge >= 0.3 is 5.97 Å². The molecule has 3 heteroatoms. The molecule has 4 aliphatic carbocycles. The Morgan fingerprint density at radius 3 is 2.30 bits per heavy atom. The normalized spacial score (nSPS) is 44.5. The fourth-order valence-corrected chi connectivity index (χ4v) is 9.38. The van der Waals surface area contributed by atoms with Crippen molar-refractivity contribution in [3.8, 4) is 0 Å². The average Bonchev–Trinajstić information content (AvgIpc) is 3.10. The van der Waals surface area contributed by atoms with Gasteiger partial charge in [-0.3, -0.25) is 9.59 Å². The number of hydrogen-bond acceptors (Lipinski definition) is 3. The molecule has 3 nitrogen and oxygen atoms in total. The number of hydrogen-bond donors (Lipinski definition) is 0. The number of rotatable bonds is 6. The van der Waals surface area contributed by atoms with E-state index in [-0.39, 0.29) is 23.4 Å². The van der Waals surface area contributed by atoms with E-state index in [1.165, 1.54) is 45.4 Å². The molecule has 10 unspecified atom stereocenters. The van der Waals surface area contributed by atoms with Gasteiger partial charge < -0.3 is 4.74 Å². The zero-order valence-electron chi connectivity index (χ0n) is 22.5. The molecule has 0 aromatic carbocycles. The second-order valence-corrected chi connectivity index (χ2v) is 13.6. The maximum Gasteiger partial charge on any atom is 0.302 e. The smallest absolute Gasteiger partial charge is 0.302 e. The molecule has 0 heterocycles. The molecule has 0 radical (unpaired) electrons. The summed E-state index contributed by atoms with van der Waals surface area (Å²) in [5.74, 6) is 5.53. The van der Waals surface area contributed by atoms with E-state index in [1.807, 2.05) is 0 Å². The van der Waals surface area contributed by atoms with Crippen LogP contribution < -0.4 is 0 Å². The van der Waals surface area contributed by atoms with Gasteiger partial charge in [0.25, 0.3) is 0 Å². The number of ether oxygens (including phenoxy) is 1. The minimum atomic E-state index is -0.202. The first-order chi connectivity index (χ1) is 15.5. The number of carbonyl (C=O) groups is 2. The SMILES string of the molecule is CC(=O)OC1CCC2(C)C(C1)C(=O)CC1C2CCC2(C)C(C(C)CCC(C)C(C)C)CCC12. The van der Waals surface area contributed by atoms with Crippen molar-refractivity contribution >= 4 is 11.8 Å². The molecule has 4 rings (SSSR count). The predicted octanol–water partition coefficient (Wildman–Crippen LogP) is 7.46. The van der Waals surface area contributed by atoms with E-state index in [4.69, 9.17) is 4.74 Å². The van der Waals surface area contributed by atoms with Crippen molar-refractivity contribution in [1.82, 2.24) is 0 Å². The van der Waals surface area contributed by atoms with Crippen LogP contribution in [0.25, 0.3) is 0 Å². The summed E-state index contributed by atoms with van der Waals surface area (Å²) in [4.78, 5) is 25.0. The Balaban J connectivity index is 1.48. The summed E-state index contributed by atoms with van der Waals surface area (Å²) >= 11 is 0. The van der Waals surface area contributed by atoms with Gasteiger partial charge in [0.15, 0.2) is 0 Å². The largest absolute Gasteiger partial charge is 0.463 e. The van der Waals surface area contributed by atoms with Crippen molar-refractivity contribution in [1.29, 1.82) is 0 Å². The van der Waals surface area contributed by atoms with E-state index in [2.05, 4.69) is 41.5 Å². The lowest BCUT2D eigenvalue weighted by Crippen LogP contribution is -2.57. The minimum absolute atomic E-state index is 0.0557. The molecule has 4 fully saturated rings. The van der Waals surface area contributed by atoms with Gasteiger partial charge in [-0.25, -0.2) is 0 Å². The van der Waals surface area contributed by atoms with Crippen LogP contribution in [0.2, 0.25) is 0 Å². The predicted molar refractivity (Wildman–Crippen MR) is 134 cm³/mol. The molecule has 0 amide bonds. The minimum Gasteiger partial charge on any atom is -0.463 e. The first-order valence-electron chi connectivity index (χ1n) is 14.2. The van der Waals surface area contributed by atoms with Gasteiger partial charge in [-0.05, 0) is 97.2 Å². The number of ketones is 1. The van der Waals surface area contributed by atoms with Crippen LogP contribution in [0.15, 0.2) is 0 Å². The molecular formula is C30H50O3. The summed E-state index contributed by atoms with van der Waals surface area (Å²) in [6, 6.07) is 0. The Kier molecular flexibility index (Phi) is 7.12. The molecule has 0 N–H and O–H groups in total. The van der Waals surface area contributed by atoms with Crippen molar-refractivity contribution < 1.29 is 14.3 Å². The van der Waals surface area contributed by atoms with Gasteiger partial charge in [0.2, 0.25) is 0 Å². The molecule has 0 aromatic rings. The summed E-state index contributed by atoms with van der Waals surface area (Å²) in [5, 5.41) is 0. The zero-order chi connectivity index (χ0) is 24.1. The molecule has 0 saturated heterocycles. The highest BCUT2D eigenvalue weighted by Crippen LogP contribution is 2.68. The van der Waals surface area contributed by atoms with E-state index in [0.717, 1.165) is 55.3 Å². The Bertz CT molecular complexity index is 743. The summed E-state index contributed by atoms with van der Waals surface area (Å²) < 4.78 is 5.56. The van der Waals surface area contributed by atoms with E-state index < -0.39 is 0 Å². The summed E-state index contributed by atoms with van der Waals surface area (Å²) in [7, 11) is 0. The highest BCUT2D eigenvalue weighted by Gasteiger charge is 2.62. The van der Waals surface area contributed by atoms with Gasteiger partial charge in [-0.15, -0.1) is 0 Å². The fraction of sp³-hybridized carbons (Fsp3) is 0.933. The second-order valence-electron chi connectivity index (χ2n) is 13.6. The second kappa shape index (κ2) is 9.30. The van der Waals surface area contributed by atoms with Crippen molar-refractivity contribution in [2.45, 2.75) is 119 Å². The summed E-state index contributed by atoms with van der Waals surface area (Å²) in [6.45, 7) is 16.2. The lowest BCUT2D eigenvalue weighted by Gasteiger charge is -2.60. The molecule has 4 saturated carbocycles. The molecule has 0 aliphatic heterocycles. The molecule has 0 aromatic heterocycles. The monoisotopic (exact) mass is 458 g/mol. The third-order valence-electron chi connectivity index (χ3n) is 11.7. The molecule has 188 valence electrons. The van der Waals surface area contributed by atoms with Crippen LogP contribution in [0.3, 0.4) is 0 Å². The maximum atomic E-state index is 13.5. The number of esters is 1. The standard InChI is InChI=1S/C30H50O3/c1-18(2)19(3)8-9-20(4)24-10-11-25-23-17-28(32)27-16-22(33-21(5)31)12-14-30(27,7)26(23)13-15-29(24,25)6/h18-20,22-27H,8-17H2,1-7H3. The quantitative estimate of drug-likeness (QED) is 0.388. The first-order valence-corrected chi connectivity index (χ1v) is 14.2. The van der Waals surface area contributed by atoms with Gasteiger partial charge in [0.05, 0.1) is 0 Å². The topological polar surface area (TPSA) is 43.4 Å². The molecule has 10 atom stereocenters. The Morgan fingerprint density at radius 2 is 1.64 bits per heavy atom.